The molecule has 1 unspecified atom stereocenters. The summed E-state index contributed by atoms with van der Waals surface area (Å²) in [5.41, 5.74) is 2.24. The highest BCUT2D eigenvalue weighted by Crippen LogP contribution is 2.15. The van der Waals surface area contributed by atoms with E-state index in [0.717, 1.165) is 11.4 Å². The molecule has 0 bridgehead atoms. The first-order valence-electron chi connectivity index (χ1n) is 6.93. The van der Waals surface area contributed by atoms with E-state index in [1.165, 1.54) is 6.33 Å². The molecule has 112 valence electrons. The van der Waals surface area contributed by atoms with Crippen molar-refractivity contribution < 1.29 is 4.79 Å². The third-order valence-electron chi connectivity index (χ3n) is 3.45. The number of carbonyl (C=O) groups excluding carboxylic acids is 1. The van der Waals surface area contributed by atoms with Crippen molar-refractivity contribution in [3.63, 3.8) is 0 Å². The molecule has 0 saturated heterocycles. The van der Waals surface area contributed by atoms with E-state index in [2.05, 4.69) is 25.6 Å². The average Bonchev–Trinajstić information content (AvgIpc) is 3.17. The Balaban J connectivity index is 1.81. The van der Waals surface area contributed by atoms with Gasteiger partial charge in [0.05, 0.1) is 29.2 Å². The van der Waals surface area contributed by atoms with Crippen molar-refractivity contribution in [2.45, 2.75) is 19.9 Å². The van der Waals surface area contributed by atoms with Gasteiger partial charge in [0.15, 0.2) is 0 Å². The Labute approximate surface area is 127 Å². The van der Waals surface area contributed by atoms with Crippen LogP contribution in [-0.2, 0) is 0 Å². The molecule has 22 heavy (non-hydrogen) atoms. The summed E-state index contributed by atoms with van der Waals surface area (Å²) in [5, 5.41) is 13.7. The Kier molecular flexibility index (Phi) is 3.69. The summed E-state index contributed by atoms with van der Waals surface area (Å²) in [7, 11) is 0. The van der Waals surface area contributed by atoms with Gasteiger partial charge in [-0.25, -0.2) is 9.67 Å². The van der Waals surface area contributed by atoms with Gasteiger partial charge in [-0.2, -0.15) is 10.2 Å². The lowest BCUT2D eigenvalue weighted by Crippen LogP contribution is -2.27. The zero-order valence-electron chi connectivity index (χ0n) is 12.3. The Bertz CT molecular complexity index is 763. The van der Waals surface area contributed by atoms with E-state index in [1.807, 2.05) is 44.2 Å². The maximum Gasteiger partial charge on any atom is 0.255 e. The van der Waals surface area contributed by atoms with E-state index in [0.29, 0.717) is 11.4 Å². The predicted molar refractivity (Wildman–Crippen MR) is 80.6 cm³/mol. The van der Waals surface area contributed by atoms with Crippen molar-refractivity contribution in [1.82, 2.24) is 30.3 Å². The smallest absolute Gasteiger partial charge is 0.255 e. The van der Waals surface area contributed by atoms with Crippen molar-refractivity contribution in [3.8, 4) is 5.69 Å². The van der Waals surface area contributed by atoms with E-state index >= 15 is 0 Å². The molecule has 0 aliphatic heterocycles. The van der Waals surface area contributed by atoms with Gasteiger partial charge in [-0.15, -0.1) is 0 Å². The zero-order valence-corrected chi connectivity index (χ0v) is 12.3. The maximum absolute atomic E-state index is 12.4. The molecular formula is C15H16N6O. The van der Waals surface area contributed by atoms with Crippen molar-refractivity contribution >= 4 is 5.91 Å². The average molecular weight is 296 g/mol. The van der Waals surface area contributed by atoms with Gasteiger partial charge in [-0.1, -0.05) is 18.2 Å². The minimum absolute atomic E-state index is 0.191. The molecule has 0 saturated carbocycles. The molecular weight excluding hydrogens is 280 g/mol. The van der Waals surface area contributed by atoms with Crippen LogP contribution in [0.3, 0.4) is 0 Å². The maximum atomic E-state index is 12.4. The number of para-hydroxylation sites is 1. The highest BCUT2D eigenvalue weighted by atomic mass is 16.1. The quantitative estimate of drug-likeness (QED) is 0.768. The van der Waals surface area contributed by atoms with Crippen molar-refractivity contribution in [2.24, 2.45) is 0 Å². The van der Waals surface area contributed by atoms with E-state index in [9.17, 15) is 4.79 Å². The Morgan fingerprint density at radius 1 is 1.32 bits per heavy atom. The number of carbonyl (C=O) groups is 1. The highest BCUT2D eigenvalue weighted by molar-refractivity contribution is 5.95. The number of benzene rings is 1. The van der Waals surface area contributed by atoms with Gasteiger partial charge in [0, 0.05) is 0 Å². The predicted octanol–water partition coefficient (Wildman–Crippen LogP) is 1.79. The second-order valence-electron chi connectivity index (χ2n) is 4.96. The molecule has 1 amide bonds. The number of nitrogens with one attached hydrogen (secondary N) is 2. The SMILES string of the molecule is Cc1c(C(=O)NC(C)c2ncn[nH]2)cnn1-c1ccccc1. The van der Waals surface area contributed by atoms with Gasteiger partial charge in [0.1, 0.15) is 12.2 Å². The molecule has 3 aromatic rings. The number of rotatable bonds is 4. The number of nitrogens with zero attached hydrogens (tertiary/aromatic N) is 4. The van der Waals surface area contributed by atoms with Crippen molar-refractivity contribution in [2.75, 3.05) is 0 Å². The lowest BCUT2D eigenvalue weighted by Gasteiger charge is -2.11. The van der Waals surface area contributed by atoms with E-state index < -0.39 is 0 Å². The van der Waals surface area contributed by atoms with Crippen LogP contribution in [-0.4, -0.2) is 30.9 Å². The number of hydrogen-bond acceptors (Lipinski definition) is 4. The molecule has 1 aromatic carbocycles. The fourth-order valence-corrected chi connectivity index (χ4v) is 2.23. The summed E-state index contributed by atoms with van der Waals surface area (Å²) in [6.45, 7) is 3.71. The summed E-state index contributed by atoms with van der Waals surface area (Å²) in [4.78, 5) is 16.4. The van der Waals surface area contributed by atoms with Crippen LogP contribution in [0, 0.1) is 6.92 Å². The molecule has 0 aliphatic rings. The largest absolute Gasteiger partial charge is 0.342 e. The number of hydrogen-bond donors (Lipinski definition) is 2. The molecule has 1 atom stereocenters. The van der Waals surface area contributed by atoms with Gasteiger partial charge in [0.25, 0.3) is 5.91 Å². The van der Waals surface area contributed by atoms with Crippen LogP contribution in [0.4, 0.5) is 0 Å². The molecule has 2 aromatic heterocycles. The zero-order chi connectivity index (χ0) is 15.5. The summed E-state index contributed by atoms with van der Waals surface area (Å²) < 4.78 is 1.74. The third-order valence-corrected chi connectivity index (χ3v) is 3.45. The van der Waals surface area contributed by atoms with Crippen LogP contribution in [0.15, 0.2) is 42.9 Å². The van der Waals surface area contributed by atoms with E-state index in [1.54, 1.807) is 10.9 Å². The van der Waals surface area contributed by atoms with Crippen molar-refractivity contribution in [1.29, 1.82) is 0 Å². The van der Waals surface area contributed by atoms with Crippen LogP contribution in [0.25, 0.3) is 5.69 Å². The van der Waals surface area contributed by atoms with Gasteiger partial charge in [0.2, 0.25) is 0 Å². The molecule has 0 radical (unpaired) electrons. The summed E-state index contributed by atoms with van der Waals surface area (Å²) in [5.74, 6) is 0.421. The first kappa shape index (κ1) is 14.0. The number of H-pyrrole nitrogens is 1. The lowest BCUT2D eigenvalue weighted by atomic mass is 10.2. The monoisotopic (exact) mass is 296 g/mol. The van der Waals surface area contributed by atoms with Gasteiger partial charge < -0.3 is 5.32 Å². The van der Waals surface area contributed by atoms with E-state index in [4.69, 9.17) is 0 Å². The number of amides is 1. The summed E-state index contributed by atoms with van der Waals surface area (Å²) >= 11 is 0. The van der Waals surface area contributed by atoms with Crippen LogP contribution in [0.1, 0.15) is 34.8 Å². The molecule has 0 fully saturated rings. The highest BCUT2D eigenvalue weighted by Gasteiger charge is 2.18. The van der Waals surface area contributed by atoms with Crippen LogP contribution in [0.5, 0.6) is 0 Å². The van der Waals surface area contributed by atoms with Gasteiger partial charge in [-0.3, -0.25) is 9.89 Å². The Morgan fingerprint density at radius 2 is 2.09 bits per heavy atom. The molecule has 7 nitrogen and oxygen atoms in total. The number of aromatic nitrogens is 5. The standard InChI is InChI=1S/C15H16N6O/c1-10(14-16-9-17-20-14)19-15(22)13-8-18-21(11(13)2)12-6-4-3-5-7-12/h3-10H,1-2H3,(H,19,22)(H,16,17,20). The lowest BCUT2D eigenvalue weighted by molar-refractivity contribution is 0.0937. The van der Waals surface area contributed by atoms with Crippen LogP contribution < -0.4 is 5.32 Å². The molecule has 3 rings (SSSR count). The second-order valence-corrected chi connectivity index (χ2v) is 4.96. The molecule has 0 aliphatic carbocycles. The summed E-state index contributed by atoms with van der Waals surface area (Å²) in [6, 6.07) is 9.44. The minimum atomic E-state index is -0.255. The fraction of sp³-hybridized carbons (Fsp3) is 0.200. The first-order valence-corrected chi connectivity index (χ1v) is 6.93. The number of aromatic amines is 1. The van der Waals surface area contributed by atoms with Gasteiger partial charge >= 0.3 is 0 Å². The Morgan fingerprint density at radius 3 is 2.77 bits per heavy atom. The normalized spacial score (nSPS) is 12.1. The van der Waals surface area contributed by atoms with Gasteiger partial charge in [-0.05, 0) is 26.0 Å². The second kappa shape index (κ2) is 5.80. The molecule has 2 heterocycles. The topological polar surface area (TPSA) is 88.5 Å². The van der Waals surface area contributed by atoms with E-state index in [-0.39, 0.29) is 11.9 Å². The molecule has 0 spiro atoms. The fourth-order valence-electron chi connectivity index (χ4n) is 2.23. The van der Waals surface area contributed by atoms with Crippen LogP contribution in [0.2, 0.25) is 0 Å². The first-order chi connectivity index (χ1) is 10.7. The summed E-state index contributed by atoms with van der Waals surface area (Å²) in [6.07, 6.45) is 2.99. The molecule has 2 N–H and O–H groups in total. The minimum Gasteiger partial charge on any atom is -0.342 e. The molecule has 7 heteroatoms. The third kappa shape index (κ3) is 2.60. The van der Waals surface area contributed by atoms with Crippen LogP contribution >= 0.6 is 0 Å². The Hall–Kier alpha value is -2.96. The van der Waals surface area contributed by atoms with Crippen molar-refractivity contribution in [3.05, 3.63) is 59.9 Å².